The number of aromatic nitrogens is 4. The van der Waals surface area contributed by atoms with E-state index < -0.39 is 5.41 Å². The van der Waals surface area contributed by atoms with Crippen LogP contribution in [0.2, 0.25) is 0 Å². The van der Waals surface area contributed by atoms with Crippen molar-refractivity contribution in [1.29, 1.82) is 0 Å². The number of nitrogens with one attached hydrogen (secondary N) is 1. The molecule has 6 nitrogen and oxygen atoms in total. The molecule has 32 heavy (non-hydrogen) atoms. The van der Waals surface area contributed by atoms with Crippen LogP contribution in [-0.4, -0.2) is 25.7 Å². The monoisotopic (exact) mass is 429 g/mol. The summed E-state index contributed by atoms with van der Waals surface area (Å²) in [7, 11) is 0. The van der Waals surface area contributed by atoms with E-state index in [2.05, 4.69) is 17.2 Å². The molecule has 0 saturated heterocycles. The number of carbonyl (C=O) groups is 1. The topological polar surface area (TPSA) is 72.7 Å². The van der Waals surface area contributed by atoms with Gasteiger partial charge in [-0.3, -0.25) is 4.79 Å². The summed E-state index contributed by atoms with van der Waals surface area (Å²) in [5.41, 5.74) is 3.20. The third kappa shape index (κ3) is 3.16. The molecule has 0 bridgehead atoms. The van der Waals surface area contributed by atoms with Crippen LogP contribution < -0.4 is 5.32 Å². The summed E-state index contributed by atoms with van der Waals surface area (Å²) in [4.78, 5) is 22.1. The Bertz CT molecular complexity index is 1360. The van der Waals surface area contributed by atoms with Gasteiger partial charge in [-0.1, -0.05) is 49.7 Å². The average Bonchev–Trinajstić information content (AvgIpc) is 3.24. The Labute approximate surface area is 185 Å². The Hall–Kier alpha value is -3.61. The van der Waals surface area contributed by atoms with Gasteiger partial charge < -0.3 is 5.32 Å². The van der Waals surface area contributed by atoms with E-state index in [-0.39, 0.29) is 11.7 Å². The lowest BCUT2D eigenvalue weighted by Crippen LogP contribution is -2.28. The van der Waals surface area contributed by atoms with Gasteiger partial charge in [-0.15, -0.1) is 0 Å². The van der Waals surface area contributed by atoms with Gasteiger partial charge in [-0.2, -0.15) is 14.8 Å². The molecule has 2 aromatic heterocycles. The fraction of sp³-hybridized carbons (Fsp3) is 0.280. The fourth-order valence-electron chi connectivity index (χ4n) is 4.37. The maximum atomic E-state index is 14.3. The van der Waals surface area contributed by atoms with Crippen LogP contribution in [0.15, 0.2) is 48.5 Å². The third-order valence-corrected chi connectivity index (χ3v) is 6.05. The zero-order chi connectivity index (χ0) is 22.5. The molecule has 0 unspecified atom stereocenters. The Morgan fingerprint density at radius 2 is 1.78 bits per heavy atom. The zero-order valence-corrected chi connectivity index (χ0v) is 18.3. The molecule has 7 heteroatoms. The van der Waals surface area contributed by atoms with Crippen LogP contribution in [0.4, 0.5) is 10.2 Å². The van der Waals surface area contributed by atoms with Gasteiger partial charge in [-0.25, -0.2) is 9.37 Å². The fourth-order valence-corrected chi connectivity index (χ4v) is 4.37. The Kier molecular flexibility index (Phi) is 4.77. The van der Waals surface area contributed by atoms with Crippen LogP contribution in [0.5, 0.6) is 0 Å². The number of aryl methyl sites for hydroxylation is 1. The van der Waals surface area contributed by atoms with E-state index in [1.165, 1.54) is 6.07 Å². The van der Waals surface area contributed by atoms with Gasteiger partial charge in [0.2, 0.25) is 5.91 Å². The third-order valence-electron chi connectivity index (χ3n) is 6.05. The second-order valence-electron chi connectivity index (χ2n) is 8.67. The van der Waals surface area contributed by atoms with Crippen LogP contribution in [0, 0.1) is 5.82 Å². The van der Waals surface area contributed by atoms with Crippen LogP contribution in [0.1, 0.15) is 49.7 Å². The van der Waals surface area contributed by atoms with Crippen LogP contribution in [-0.2, 0) is 23.1 Å². The molecular formula is C25H24FN5O. The van der Waals surface area contributed by atoms with Crippen molar-refractivity contribution < 1.29 is 9.18 Å². The summed E-state index contributed by atoms with van der Waals surface area (Å²) >= 11 is 0. The van der Waals surface area contributed by atoms with E-state index in [1.807, 2.05) is 44.2 Å². The number of benzene rings is 2. The van der Waals surface area contributed by atoms with Crippen molar-refractivity contribution in [3.63, 3.8) is 0 Å². The van der Waals surface area contributed by atoms with Crippen molar-refractivity contribution in [2.24, 2.45) is 0 Å². The smallest absolute Gasteiger partial charge is 0.253 e. The molecule has 0 radical (unpaired) electrons. The van der Waals surface area contributed by atoms with Crippen molar-refractivity contribution in [3.05, 3.63) is 76.9 Å². The predicted molar refractivity (Wildman–Crippen MR) is 122 cm³/mol. The lowest BCUT2D eigenvalue weighted by Gasteiger charge is -2.18. The molecule has 0 spiro atoms. The average molecular weight is 429 g/mol. The van der Waals surface area contributed by atoms with Crippen LogP contribution in [0.25, 0.3) is 16.9 Å². The highest BCUT2D eigenvalue weighted by atomic mass is 19.1. The number of hydrogen-bond acceptors (Lipinski definition) is 4. The Morgan fingerprint density at radius 3 is 2.56 bits per heavy atom. The largest absolute Gasteiger partial charge is 0.309 e. The van der Waals surface area contributed by atoms with Crippen LogP contribution in [0.3, 0.4) is 0 Å². The SMILES string of the molecule is CCCc1nc(-n2nc(Cc3ccccc3F)c3ccccc32)nc2c1C(C)(C)C(=O)N2. The van der Waals surface area contributed by atoms with E-state index >= 15 is 0 Å². The van der Waals surface area contributed by atoms with E-state index in [1.54, 1.807) is 16.8 Å². The number of nitrogens with zero attached hydrogens (tertiary/aromatic N) is 4. The standard InChI is InChI=1S/C25H24FN5O/c1-4-9-18-21-22(28-23(32)25(21,2)3)29-24(27-18)31-20-13-8-6-11-16(20)19(30-31)14-15-10-5-7-12-17(15)26/h5-8,10-13H,4,9,14H2,1-3H3,(H,27,28,29,32). The second-order valence-corrected chi connectivity index (χ2v) is 8.67. The van der Waals surface area contributed by atoms with Gasteiger partial charge in [0.05, 0.1) is 22.3 Å². The molecule has 0 atom stereocenters. The van der Waals surface area contributed by atoms with Gasteiger partial charge in [0.15, 0.2) is 0 Å². The van der Waals surface area contributed by atoms with E-state index in [9.17, 15) is 9.18 Å². The first-order valence-corrected chi connectivity index (χ1v) is 10.8. The van der Waals surface area contributed by atoms with Crippen molar-refractivity contribution in [1.82, 2.24) is 19.7 Å². The molecule has 0 fully saturated rings. The van der Waals surface area contributed by atoms with Gasteiger partial charge >= 0.3 is 0 Å². The molecule has 1 N–H and O–H groups in total. The van der Waals surface area contributed by atoms with Crippen molar-refractivity contribution in [2.75, 3.05) is 5.32 Å². The minimum absolute atomic E-state index is 0.0816. The lowest BCUT2D eigenvalue weighted by atomic mass is 9.85. The minimum atomic E-state index is -0.680. The zero-order valence-electron chi connectivity index (χ0n) is 18.3. The number of hydrogen-bond donors (Lipinski definition) is 1. The van der Waals surface area contributed by atoms with Gasteiger partial charge in [0.25, 0.3) is 5.95 Å². The lowest BCUT2D eigenvalue weighted by molar-refractivity contribution is -0.119. The summed E-state index contributed by atoms with van der Waals surface area (Å²) in [5, 5.41) is 8.63. The summed E-state index contributed by atoms with van der Waals surface area (Å²) < 4.78 is 16.0. The highest BCUT2D eigenvalue weighted by molar-refractivity contribution is 6.05. The predicted octanol–water partition coefficient (Wildman–Crippen LogP) is 4.73. The van der Waals surface area contributed by atoms with E-state index in [4.69, 9.17) is 10.1 Å². The van der Waals surface area contributed by atoms with Crippen molar-refractivity contribution >= 4 is 22.6 Å². The second kappa shape index (κ2) is 7.51. The number of anilines is 1. The molecule has 4 aromatic rings. The summed E-state index contributed by atoms with van der Waals surface area (Å²) in [6.45, 7) is 5.87. The number of rotatable bonds is 5. The summed E-state index contributed by atoms with van der Waals surface area (Å²) in [5.74, 6) is 0.613. The van der Waals surface area contributed by atoms with E-state index in [0.29, 0.717) is 23.8 Å². The van der Waals surface area contributed by atoms with Crippen LogP contribution >= 0.6 is 0 Å². The highest BCUT2D eigenvalue weighted by Crippen LogP contribution is 2.39. The quantitative estimate of drug-likeness (QED) is 0.498. The normalized spacial score (nSPS) is 14.6. The van der Waals surface area contributed by atoms with Gasteiger partial charge in [-0.05, 0) is 38.0 Å². The Balaban J connectivity index is 1.68. The molecule has 3 heterocycles. The molecule has 0 aliphatic carbocycles. The molecule has 1 amide bonds. The molecule has 1 aliphatic heterocycles. The first-order valence-electron chi connectivity index (χ1n) is 10.8. The molecule has 5 rings (SSSR count). The molecule has 162 valence electrons. The van der Waals surface area contributed by atoms with Crippen molar-refractivity contribution in [2.45, 2.75) is 45.4 Å². The van der Waals surface area contributed by atoms with Gasteiger partial charge in [0, 0.05) is 17.4 Å². The maximum Gasteiger partial charge on any atom is 0.253 e. The maximum absolute atomic E-state index is 14.3. The molecule has 2 aromatic carbocycles. The summed E-state index contributed by atoms with van der Waals surface area (Å²) in [6.07, 6.45) is 1.99. The highest BCUT2D eigenvalue weighted by Gasteiger charge is 2.42. The summed E-state index contributed by atoms with van der Waals surface area (Å²) in [6, 6.07) is 14.5. The molecule has 1 aliphatic rings. The molecular weight excluding hydrogens is 405 g/mol. The number of halogens is 1. The first-order chi connectivity index (χ1) is 15.4. The number of carbonyl (C=O) groups excluding carboxylic acids is 1. The number of amides is 1. The number of fused-ring (bicyclic) bond motifs is 2. The number of para-hydroxylation sites is 1. The first kappa shape index (κ1) is 20.3. The Morgan fingerprint density at radius 1 is 1.03 bits per heavy atom. The minimum Gasteiger partial charge on any atom is -0.309 e. The molecule has 0 saturated carbocycles. The van der Waals surface area contributed by atoms with Gasteiger partial charge in [0.1, 0.15) is 11.6 Å². The van der Waals surface area contributed by atoms with E-state index in [0.717, 1.165) is 40.7 Å². The van der Waals surface area contributed by atoms with Crippen molar-refractivity contribution in [3.8, 4) is 5.95 Å².